The van der Waals surface area contributed by atoms with E-state index in [2.05, 4.69) is 10.3 Å². The molecule has 2 nitrogen and oxygen atoms in total. The van der Waals surface area contributed by atoms with Crippen molar-refractivity contribution in [3.05, 3.63) is 35.5 Å². The van der Waals surface area contributed by atoms with Gasteiger partial charge < -0.3 is 5.32 Å². The van der Waals surface area contributed by atoms with Crippen LogP contribution in [-0.2, 0) is 0 Å². The van der Waals surface area contributed by atoms with Gasteiger partial charge in [0.05, 0.1) is 11.2 Å². The summed E-state index contributed by atoms with van der Waals surface area (Å²) < 4.78 is 0. The summed E-state index contributed by atoms with van der Waals surface area (Å²) in [5.74, 6) is 0. The fraction of sp³-hybridized carbons (Fsp3) is 0.100. The maximum atomic E-state index is 5.93. The molecule has 1 heterocycles. The summed E-state index contributed by atoms with van der Waals surface area (Å²) in [6, 6.07) is 7.68. The molecule has 0 aliphatic carbocycles. The van der Waals surface area contributed by atoms with E-state index in [-0.39, 0.29) is 0 Å². The monoisotopic (exact) mass is 192 g/mol. The second kappa shape index (κ2) is 3.23. The van der Waals surface area contributed by atoms with Gasteiger partial charge in [-0.15, -0.1) is 0 Å². The third-order valence-electron chi connectivity index (χ3n) is 1.94. The number of fused-ring (bicyclic) bond motifs is 1. The average Bonchev–Trinajstić information content (AvgIpc) is 2.16. The van der Waals surface area contributed by atoms with Crippen molar-refractivity contribution in [3.63, 3.8) is 0 Å². The van der Waals surface area contributed by atoms with Gasteiger partial charge in [-0.05, 0) is 18.2 Å². The van der Waals surface area contributed by atoms with E-state index in [1.54, 1.807) is 6.20 Å². The quantitative estimate of drug-likeness (QED) is 0.752. The highest BCUT2D eigenvalue weighted by Crippen LogP contribution is 2.25. The van der Waals surface area contributed by atoms with Gasteiger partial charge in [0.1, 0.15) is 0 Å². The van der Waals surface area contributed by atoms with Crippen molar-refractivity contribution in [2.45, 2.75) is 0 Å². The normalized spacial score (nSPS) is 10.3. The molecule has 2 aromatic rings. The molecule has 0 amide bonds. The SMILES string of the molecule is CNc1cc(Cl)cc2cccnc12. The van der Waals surface area contributed by atoms with Gasteiger partial charge in [0.15, 0.2) is 0 Å². The Balaban J connectivity index is 2.81. The number of hydrogen-bond acceptors (Lipinski definition) is 2. The summed E-state index contributed by atoms with van der Waals surface area (Å²) in [5, 5.41) is 4.85. The van der Waals surface area contributed by atoms with E-state index in [0.717, 1.165) is 21.6 Å². The maximum absolute atomic E-state index is 5.93. The third-order valence-corrected chi connectivity index (χ3v) is 2.16. The predicted molar refractivity (Wildman–Crippen MR) is 56.3 cm³/mol. The largest absolute Gasteiger partial charge is 0.386 e. The summed E-state index contributed by atoms with van der Waals surface area (Å²) >= 11 is 5.93. The lowest BCUT2D eigenvalue weighted by atomic mass is 10.2. The average molecular weight is 193 g/mol. The van der Waals surface area contributed by atoms with E-state index in [0.29, 0.717) is 0 Å². The third kappa shape index (κ3) is 1.45. The van der Waals surface area contributed by atoms with Crippen molar-refractivity contribution in [3.8, 4) is 0 Å². The number of halogens is 1. The van der Waals surface area contributed by atoms with Crippen LogP contribution in [0.1, 0.15) is 0 Å². The second-order valence-electron chi connectivity index (χ2n) is 2.78. The molecule has 3 heteroatoms. The number of rotatable bonds is 1. The first-order valence-electron chi connectivity index (χ1n) is 4.03. The minimum atomic E-state index is 0.727. The van der Waals surface area contributed by atoms with Gasteiger partial charge in [-0.2, -0.15) is 0 Å². The van der Waals surface area contributed by atoms with Crippen LogP contribution in [0.2, 0.25) is 5.02 Å². The van der Waals surface area contributed by atoms with Crippen LogP contribution in [-0.4, -0.2) is 12.0 Å². The highest BCUT2D eigenvalue weighted by Gasteiger charge is 2.01. The Hall–Kier alpha value is -1.28. The number of aromatic nitrogens is 1. The Bertz CT molecular complexity index is 440. The van der Waals surface area contributed by atoms with Crippen LogP contribution in [0.4, 0.5) is 5.69 Å². The second-order valence-corrected chi connectivity index (χ2v) is 3.21. The molecular formula is C10H9ClN2. The van der Waals surface area contributed by atoms with E-state index in [1.165, 1.54) is 0 Å². The molecule has 0 saturated carbocycles. The minimum Gasteiger partial charge on any atom is -0.386 e. The van der Waals surface area contributed by atoms with Crippen molar-refractivity contribution in [1.29, 1.82) is 0 Å². The van der Waals surface area contributed by atoms with Crippen molar-refractivity contribution in [2.24, 2.45) is 0 Å². The van der Waals surface area contributed by atoms with Crippen LogP contribution in [0.5, 0.6) is 0 Å². The Morgan fingerprint density at radius 3 is 3.00 bits per heavy atom. The first-order chi connectivity index (χ1) is 6.31. The van der Waals surface area contributed by atoms with Crippen LogP contribution >= 0.6 is 11.6 Å². The molecule has 0 atom stereocenters. The van der Waals surface area contributed by atoms with Gasteiger partial charge in [-0.25, -0.2) is 0 Å². The molecule has 2 rings (SSSR count). The van der Waals surface area contributed by atoms with Crippen LogP contribution < -0.4 is 5.32 Å². The zero-order valence-electron chi connectivity index (χ0n) is 7.21. The topological polar surface area (TPSA) is 24.9 Å². The molecule has 0 aliphatic rings. The predicted octanol–water partition coefficient (Wildman–Crippen LogP) is 2.93. The van der Waals surface area contributed by atoms with Crippen LogP contribution in [0.25, 0.3) is 10.9 Å². The lowest BCUT2D eigenvalue weighted by molar-refractivity contribution is 1.39. The van der Waals surface area contributed by atoms with Gasteiger partial charge in [-0.3, -0.25) is 4.98 Å². The van der Waals surface area contributed by atoms with Crippen LogP contribution in [0, 0.1) is 0 Å². The molecule has 1 aromatic carbocycles. The van der Waals surface area contributed by atoms with E-state index in [1.807, 2.05) is 31.3 Å². The highest BCUT2D eigenvalue weighted by atomic mass is 35.5. The Morgan fingerprint density at radius 2 is 2.23 bits per heavy atom. The molecule has 0 saturated heterocycles. The fourth-order valence-corrected chi connectivity index (χ4v) is 1.57. The Labute approximate surface area is 81.6 Å². The van der Waals surface area contributed by atoms with Crippen molar-refractivity contribution < 1.29 is 0 Å². The van der Waals surface area contributed by atoms with E-state index >= 15 is 0 Å². The number of benzene rings is 1. The van der Waals surface area contributed by atoms with Gasteiger partial charge in [-0.1, -0.05) is 17.7 Å². The van der Waals surface area contributed by atoms with Crippen molar-refractivity contribution >= 4 is 28.2 Å². The summed E-state index contributed by atoms with van der Waals surface area (Å²) in [6.45, 7) is 0. The molecule has 1 N–H and O–H groups in total. The van der Waals surface area contributed by atoms with Gasteiger partial charge in [0.25, 0.3) is 0 Å². The zero-order chi connectivity index (χ0) is 9.26. The van der Waals surface area contributed by atoms with E-state index < -0.39 is 0 Å². The van der Waals surface area contributed by atoms with Gasteiger partial charge >= 0.3 is 0 Å². The smallest absolute Gasteiger partial charge is 0.0934 e. The molecular weight excluding hydrogens is 184 g/mol. The summed E-state index contributed by atoms with van der Waals surface area (Å²) in [4.78, 5) is 4.27. The molecule has 13 heavy (non-hydrogen) atoms. The van der Waals surface area contributed by atoms with Crippen molar-refractivity contribution in [1.82, 2.24) is 4.98 Å². The lowest BCUT2D eigenvalue weighted by Gasteiger charge is -2.04. The van der Waals surface area contributed by atoms with E-state index in [9.17, 15) is 0 Å². The fourth-order valence-electron chi connectivity index (χ4n) is 1.35. The van der Waals surface area contributed by atoms with Crippen LogP contribution in [0.15, 0.2) is 30.5 Å². The minimum absolute atomic E-state index is 0.727. The standard InChI is InChI=1S/C10H9ClN2/c1-12-9-6-8(11)5-7-3-2-4-13-10(7)9/h2-6,12H,1H3. The molecule has 1 aromatic heterocycles. The Morgan fingerprint density at radius 1 is 1.38 bits per heavy atom. The van der Waals surface area contributed by atoms with Gasteiger partial charge in [0.2, 0.25) is 0 Å². The summed E-state index contributed by atoms with van der Waals surface area (Å²) in [5.41, 5.74) is 1.91. The highest BCUT2D eigenvalue weighted by molar-refractivity contribution is 6.31. The molecule has 0 aliphatic heterocycles. The first-order valence-corrected chi connectivity index (χ1v) is 4.41. The number of nitrogens with one attached hydrogen (secondary N) is 1. The molecule has 0 radical (unpaired) electrons. The summed E-state index contributed by atoms with van der Waals surface area (Å²) in [6.07, 6.45) is 1.77. The molecule has 0 unspecified atom stereocenters. The Kier molecular flexibility index (Phi) is 2.07. The first kappa shape index (κ1) is 8.32. The molecule has 0 spiro atoms. The molecule has 66 valence electrons. The van der Waals surface area contributed by atoms with E-state index in [4.69, 9.17) is 11.6 Å². The number of nitrogens with zero attached hydrogens (tertiary/aromatic N) is 1. The van der Waals surface area contributed by atoms with Gasteiger partial charge in [0, 0.05) is 23.7 Å². The number of pyridine rings is 1. The number of anilines is 1. The zero-order valence-corrected chi connectivity index (χ0v) is 7.97. The van der Waals surface area contributed by atoms with Crippen LogP contribution in [0.3, 0.4) is 0 Å². The maximum Gasteiger partial charge on any atom is 0.0934 e. The van der Waals surface area contributed by atoms with Crippen molar-refractivity contribution in [2.75, 3.05) is 12.4 Å². The lowest BCUT2D eigenvalue weighted by Crippen LogP contribution is -1.91. The summed E-state index contributed by atoms with van der Waals surface area (Å²) in [7, 11) is 1.86. The number of hydrogen-bond donors (Lipinski definition) is 1. The molecule has 0 fully saturated rings. The molecule has 0 bridgehead atoms.